The average molecular weight is 274 g/mol. The van der Waals surface area contributed by atoms with Gasteiger partial charge in [0.05, 0.1) is 7.11 Å². The van der Waals surface area contributed by atoms with Crippen molar-refractivity contribution in [3.8, 4) is 5.75 Å². The lowest BCUT2D eigenvalue weighted by Crippen LogP contribution is -2.12. The number of anilines is 2. The second-order valence-electron chi connectivity index (χ2n) is 4.41. The number of benzene rings is 2. The lowest BCUT2D eigenvalue weighted by Gasteiger charge is -2.08. The fourth-order valence-electron chi connectivity index (χ4n) is 1.74. The van der Waals surface area contributed by atoms with Gasteiger partial charge in [-0.2, -0.15) is 0 Å². The minimum Gasteiger partial charge on any atom is -0.497 e. The fourth-order valence-corrected chi connectivity index (χ4v) is 1.74. The minimum atomic E-state index is -0.376. The molecule has 0 unspecified atom stereocenters. The Kier molecular flexibility index (Phi) is 3.89. The van der Waals surface area contributed by atoms with Crippen LogP contribution in [0.4, 0.5) is 15.8 Å². The highest BCUT2D eigenvalue weighted by atomic mass is 19.1. The van der Waals surface area contributed by atoms with Gasteiger partial charge in [0.25, 0.3) is 5.91 Å². The SMILES string of the molecule is COc1cc(N)cc(C(=O)Nc2ccc(C)c(F)c2)c1. The van der Waals surface area contributed by atoms with Crippen LogP contribution in [0.15, 0.2) is 36.4 Å². The number of aryl methyl sites for hydroxylation is 1. The first-order chi connectivity index (χ1) is 9.49. The fraction of sp³-hybridized carbons (Fsp3) is 0.133. The van der Waals surface area contributed by atoms with Crippen molar-refractivity contribution in [2.24, 2.45) is 0 Å². The van der Waals surface area contributed by atoms with E-state index in [9.17, 15) is 9.18 Å². The maximum absolute atomic E-state index is 13.4. The summed E-state index contributed by atoms with van der Waals surface area (Å²) in [6.45, 7) is 1.66. The topological polar surface area (TPSA) is 64.3 Å². The molecule has 0 aliphatic heterocycles. The van der Waals surface area contributed by atoms with E-state index >= 15 is 0 Å². The molecule has 0 spiro atoms. The van der Waals surface area contributed by atoms with Crippen molar-refractivity contribution in [1.29, 1.82) is 0 Å². The van der Waals surface area contributed by atoms with Crippen molar-refractivity contribution < 1.29 is 13.9 Å². The van der Waals surface area contributed by atoms with Crippen molar-refractivity contribution in [3.05, 3.63) is 53.3 Å². The van der Waals surface area contributed by atoms with Gasteiger partial charge in [-0.15, -0.1) is 0 Å². The van der Waals surface area contributed by atoms with E-state index in [1.807, 2.05) is 0 Å². The van der Waals surface area contributed by atoms with Crippen molar-refractivity contribution in [3.63, 3.8) is 0 Å². The molecule has 0 aliphatic carbocycles. The molecule has 0 atom stereocenters. The molecule has 20 heavy (non-hydrogen) atoms. The Bertz CT molecular complexity index is 656. The lowest BCUT2D eigenvalue weighted by molar-refractivity contribution is 0.102. The Morgan fingerprint density at radius 1 is 1.25 bits per heavy atom. The van der Waals surface area contributed by atoms with E-state index in [1.165, 1.54) is 19.2 Å². The first kappa shape index (κ1) is 13.9. The summed E-state index contributed by atoms with van der Waals surface area (Å²) in [5.41, 5.74) is 7.37. The van der Waals surface area contributed by atoms with Crippen molar-refractivity contribution in [2.45, 2.75) is 6.92 Å². The van der Waals surface area contributed by atoms with Gasteiger partial charge in [0, 0.05) is 23.0 Å². The first-order valence-corrected chi connectivity index (χ1v) is 6.01. The number of halogens is 1. The Hall–Kier alpha value is -2.56. The van der Waals surface area contributed by atoms with Gasteiger partial charge in [-0.3, -0.25) is 4.79 Å². The Labute approximate surface area is 116 Å². The number of hydrogen-bond donors (Lipinski definition) is 2. The van der Waals surface area contributed by atoms with E-state index in [4.69, 9.17) is 10.5 Å². The van der Waals surface area contributed by atoms with Gasteiger partial charge in [0.15, 0.2) is 0 Å². The summed E-state index contributed by atoms with van der Waals surface area (Å²) in [6, 6.07) is 9.22. The number of rotatable bonds is 3. The minimum absolute atomic E-state index is 0.350. The number of nitrogens with two attached hydrogens (primary N) is 1. The number of nitrogen functional groups attached to an aromatic ring is 1. The second-order valence-corrected chi connectivity index (χ2v) is 4.41. The van der Waals surface area contributed by atoms with E-state index < -0.39 is 0 Å². The molecule has 3 N–H and O–H groups in total. The standard InChI is InChI=1S/C15H15FN2O2/c1-9-3-4-12(8-14(9)16)18-15(19)10-5-11(17)7-13(6-10)20-2/h3-8H,17H2,1-2H3,(H,18,19). The Balaban J connectivity index is 2.23. The molecular weight excluding hydrogens is 259 g/mol. The molecule has 0 saturated carbocycles. The summed E-state index contributed by atoms with van der Waals surface area (Å²) in [5.74, 6) is -0.253. The molecular formula is C15H15FN2O2. The van der Waals surface area contributed by atoms with Gasteiger partial charge < -0.3 is 15.8 Å². The monoisotopic (exact) mass is 274 g/mol. The zero-order chi connectivity index (χ0) is 14.7. The zero-order valence-corrected chi connectivity index (χ0v) is 11.2. The number of amides is 1. The van der Waals surface area contributed by atoms with Crippen LogP contribution in [0.25, 0.3) is 0 Å². The maximum Gasteiger partial charge on any atom is 0.255 e. The van der Waals surface area contributed by atoms with Crippen molar-refractivity contribution in [2.75, 3.05) is 18.2 Å². The quantitative estimate of drug-likeness (QED) is 0.846. The summed E-state index contributed by atoms with van der Waals surface area (Å²) < 4.78 is 18.5. The smallest absolute Gasteiger partial charge is 0.255 e. The van der Waals surface area contributed by atoms with Crippen LogP contribution in [0, 0.1) is 12.7 Å². The van der Waals surface area contributed by atoms with Gasteiger partial charge in [0.1, 0.15) is 11.6 Å². The molecule has 1 amide bonds. The Morgan fingerprint density at radius 3 is 2.65 bits per heavy atom. The van der Waals surface area contributed by atoms with E-state index in [1.54, 1.807) is 31.2 Å². The number of hydrogen-bond acceptors (Lipinski definition) is 3. The molecule has 0 heterocycles. The third-order valence-corrected chi connectivity index (χ3v) is 2.86. The van der Waals surface area contributed by atoms with Gasteiger partial charge in [-0.25, -0.2) is 4.39 Å². The summed E-state index contributed by atoms with van der Waals surface area (Å²) in [7, 11) is 1.49. The van der Waals surface area contributed by atoms with E-state index in [-0.39, 0.29) is 11.7 Å². The molecule has 0 radical (unpaired) electrons. The molecule has 5 heteroatoms. The van der Waals surface area contributed by atoms with E-state index in [0.29, 0.717) is 28.3 Å². The van der Waals surface area contributed by atoms with E-state index in [2.05, 4.69) is 5.32 Å². The molecule has 2 aromatic carbocycles. The third kappa shape index (κ3) is 3.06. The van der Waals surface area contributed by atoms with Gasteiger partial charge in [-0.05, 0) is 36.8 Å². The van der Waals surface area contributed by atoms with Crippen molar-refractivity contribution in [1.82, 2.24) is 0 Å². The number of ether oxygens (including phenoxy) is 1. The average Bonchev–Trinajstić information content (AvgIpc) is 2.42. The second kappa shape index (κ2) is 5.61. The zero-order valence-electron chi connectivity index (χ0n) is 11.2. The van der Waals surface area contributed by atoms with Crippen LogP contribution in [0.2, 0.25) is 0 Å². The van der Waals surface area contributed by atoms with E-state index in [0.717, 1.165) is 0 Å². The van der Waals surface area contributed by atoms with Gasteiger partial charge in [-0.1, -0.05) is 6.07 Å². The maximum atomic E-state index is 13.4. The molecule has 0 bridgehead atoms. The highest BCUT2D eigenvalue weighted by Crippen LogP contribution is 2.20. The van der Waals surface area contributed by atoms with Crippen LogP contribution >= 0.6 is 0 Å². The predicted octanol–water partition coefficient (Wildman–Crippen LogP) is 2.98. The molecule has 4 nitrogen and oxygen atoms in total. The molecule has 2 aromatic rings. The predicted molar refractivity (Wildman–Crippen MR) is 76.5 cm³/mol. The van der Waals surface area contributed by atoms with Crippen molar-refractivity contribution >= 4 is 17.3 Å². The van der Waals surface area contributed by atoms with Crippen LogP contribution < -0.4 is 15.8 Å². The van der Waals surface area contributed by atoms with Crippen LogP contribution in [0.3, 0.4) is 0 Å². The first-order valence-electron chi connectivity index (χ1n) is 6.01. The molecule has 0 fully saturated rings. The Morgan fingerprint density at radius 2 is 2.00 bits per heavy atom. The van der Waals surface area contributed by atoms with Gasteiger partial charge >= 0.3 is 0 Å². The molecule has 0 saturated heterocycles. The molecule has 2 rings (SSSR count). The van der Waals surface area contributed by atoms with Crippen LogP contribution in [0.1, 0.15) is 15.9 Å². The summed E-state index contributed by atoms with van der Waals surface area (Å²) >= 11 is 0. The highest BCUT2D eigenvalue weighted by molar-refractivity contribution is 6.05. The summed E-state index contributed by atoms with van der Waals surface area (Å²) in [5, 5.41) is 2.61. The summed E-state index contributed by atoms with van der Waals surface area (Å²) in [4.78, 5) is 12.1. The number of carbonyl (C=O) groups excluding carboxylic acids is 1. The summed E-state index contributed by atoms with van der Waals surface area (Å²) in [6.07, 6.45) is 0. The third-order valence-electron chi connectivity index (χ3n) is 2.86. The molecule has 104 valence electrons. The number of carbonyl (C=O) groups is 1. The van der Waals surface area contributed by atoms with Crippen LogP contribution in [-0.4, -0.2) is 13.0 Å². The molecule has 0 aromatic heterocycles. The van der Waals surface area contributed by atoms with Crippen LogP contribution in [0.5, 0.6) is 5.75 Å². The number of nitrogens with one attached hydrogen (secondary N) is 1. The largest absolute Gasteiger partial charge is 0.497 e. The van der Waals surface area contributed by atoms with Crippen LogP contribution in [-0.2, 0) is 0 Å². The highest BCUT2D eigenvalue weighted by Gasteiger charge is 2.09. The molecule has 0 aliphatic rings. The lowest BCUT2D eigenvalue weighted by atomic mass is 10.1. The van der Waals surface area contributed by atoms with Gasteiger partial charge in [0.2, 0.25) is 0 Å². The number of methoxy groups -OCH3 is 1. The normalized spacial score (nSPS) is 10.2.